The molecule has 0 saturated carbocycles. The molecule has 0 bridgehead atoms. The van der Waals surface area contributed by atoms with E-state index in [4.69, 9.17) is 14.9 Å². The van der Waals surface area contributed by atoms with Crippen molar-refractivity contribution in [3.05, 3.63) is 42.5 Å². The maximum atomic E-state index is 13.9. The third kappa shape index (κ3) is 6.92. The first-order valence-electron chi connectivity index (χ1n) is 12.9. The molecule has 1 aliphatic rings. The third-order valence-electron chi connectivity index (χ3n) is 6.53. The molecular weight excluding hydrogens is 486 g/mol. The summed E-state index contributed by atoms with van der Waals surface area (Å²) in [4.78, 5) is 47.1. The lowest BCUT2D eigenvalue weighted by Gasteiger charge is -2.36. The summed E-state index contributed by atoms with van der Waals surface area (Å²) in [6.07, 6.45) is 1.44. The van der Waals surface area contributed by atoms with Gasteiger partial charge in [0.25, 0.3) is 0 Å². The molecule has 1 saturated heterocycles. The fraction of sp³-hybridized carbons (Fsp3) is 0.571. The van der Waals surface area contributed by atoms with Crippen molar-refractivity contribution in [3.8, 4) is 11.3 Å². The summed E-state index contributed by atoms with van der Waals surface area (Å²) in [5.74, 6) is -0.341. The highest BCUT2D eigenvalue weighted by molar-refractivity contribution is 5.92. The van der Waals surface area contributed by atoms with Gasteiger partial charge < -0.3 is 25.1 Å². The Bertz CT molecular complexity index is 1130. The van der Waals surface area contributed by atoms with E-state index in [0.717, 1.165) is 5.56 Å². The monoisotopic (exact) mass is 527 g/mol. The van der Waals surface area contributed by atoms with E-state index in [2.05, 4.69) is 10.3 Å². The van der Waals surface area contributed by atoms with Crippen molar-refractivity contribution in [2.45, 2.75) is 84.7 Å². The molecule has 3 N–H and O–H groups in total. The van der Waals surface area contributed by atoms with Crippen LogP contribution in [-0.2, 0) is 14.3 Å². The minimum atomic E-state index is -0.874. The van der Waals surface area contributed by atoms with Crippen LogP contribution in [0.25, 0.3) is 11.3 Å². The van der Waals surface area contributed by atoms with Crippen molar-refractivity contribution in [3.63, 3.8) is 0 Å². The minimum Gasteiger partial charge on any atom is -0.446 e. The summed E-state index contributed by atoms with van der Waals surface area (Å²) in [6.45, 7) is 12.8. The number of benzene rings is 1. The fourth-order valence-corrected chi connectivity index (χ4v) is 4.27. The zero-order chi connectivity index (χ0) is 28.4. The molecule has 1 fully saturated rings. The van der Waals surface area contributed by atoms with Crippen LogP contribution in [0.4, 0.5) is 4.79 Å². The lowest BCUT2D eigenvalue weighted by molar-refractivity contribution is -0.141. The number of rotatable bonds is 6. The molecule has 4 atom stereocenters. The number of hydrogen-bond acceptors (Lipinski definition) is 7. The van der Waals surface area contributed by atoms with Crippen LogP contribution in [0.1, 0.15) is 66.8 Å². The van der Waals surface area contributed by atoms with E-state index in [1.807, 2.05) is 51.1 Å². The molecule has 208 valence electrons. The van der Waals surface area contributed by atoms with E-state index in [1.165, 1.54) is 11.9 Å². The summed E-state index contributed by atoms with van der Waals surface area (Å²) in [6, 6.07) is 7.18. The third-order valence-corrected chi connectivity index (χ3v) is 6.53. The van der Waals surface area contributed by atoms with E-state index >= 15 is 0 Å². The first-order valence-corrected chi connectivity index (χ1v) is 12.9. The Hall–Kier alpha value is -3.40. The van der Waals surface area contributed by atoms with Crippen LogP contribution in [-0.4, -0.2) is 70.0 Å². The van der Waals surface area contributed by atoms with Gasteiger partial charge in [0.15, 0.2) is 0 Å². The van der Waals surface area contributed by atoms with Gasteiger partial charge in [-0.25, -0.2) is 9.78 Å². The Morgan fingerprint density at radius 1 is 1.16 bits per heavy atom. The highest BCUT2D eigenvalue weighted by Gasteiger charge is 2.44. The van der Waals surface area contributed by atoms with Gasteiger partial charge in [-0.2, -0.15) is 0 Å². The minimum absolute atomic E-state index is 0.260. The quantitative estimate of drug-likeness (QED) is 0.585. The van der Waals surface area contributed by atoms with Crippen LogP contribution < -0.4 is 11.1 Å². The summed E-state index contributed by atoms with van der Waals surface area (Å²) in [5, 5.41) is 2.88. The molecule has 4 unspecified atom stereocenters. The average molecular weight is 528 g/mol. The van der Waals surface area contributed by atoms with E-state index in [0.29, 0.717) is 24.6 Å². The molecular formula is C28H41N5O5. The van der Waals surface area contributed by atoms with Crippen LogP contribution in [0.5, 0.6) is 0 Å². The Kier molecular flexibility index (Phi) is 8.55. The standard InChI is InChI=1S/C28H41N5O5/c1-17(32(8)26(36)38-28(5,6)7)23(34)31-22(27(2,3)4)25(35)33-15-19(29)14-21(33)24-30-20(16-37-24)18-12-10-9-11-13-18/h9-13,16-17,19,21-22H,14-15,29H2,1-8H3,(H,31,34). The number of ether oxygens (including phenoxy) is 1. The highest BCUT2D eigenvalue weighted by Crippen LogP contribution is 2.35. The normalized spacial score (nSPS) is 19.6. The van der Waals surface area contributed by atoms with Gasteiger partial charge in [0, 0.05) is 25.2 Å². The summed E-state index contributed by atoms with van der Waals surface area (Å²) < 4.78 is 11.2. The smallest absolute Gasteiger partial charge is 0.410 e. The van der Waals surface area contributed by atoms with Crippen molar-refractivity contribution in [2.24, 2.45) is 11.1 Å². The van der Waals surface area contributed by atoms with Crippen LogP contribution >= 0.6 is 0 Å². The van der Waals surface area contributed by atoms with Gasteiger partial charge in [-0.15, -0.1) is 0 Å². The van der Waals surface area contributed by atoms with Gasteiger partial charge in [0.1, 0.15) is 35.7 Å². The second kappa shape index (κ2) is 11.1. The van der Waals surface area contributed by atoms with Crippen LogP contribution in [0.2, 0.25) is 0 Å². The Morgan fingerprint density at radius 3 is 2.37 bits per heavy atom. The number of hydrogen-bond donors (Lipinski definition) is 2. The number of nitrogens with one attached hydrogen (secondary N) is 1. The molecule has 2 aromatic rings. The van der Waals surface area contributed by atoms with E-state index < -0.39 is 41.1 Å². The molecule has 0 spiro atoms. The summed E-state index contributed by atoms with van der Waals surface area (Å²) in [5.41, 5.74) is 6.54. The van der Waals surface area contributed by atoms with Crippen molar-refractivity contribution in [2.75, 3.05) is 13.6 Å². The number of likely N-dealkylation sites (tertiary alicyclic amines) is 1. The van der Waals surface area contributed by atoms with Crippen molar-refractivity contribution < 1.29 is 23.5 Å². The van der Waals surface area contributed by atoms with Crippen molar-refractivity contribution in [1.29, 1.82) is 0 Å². The lowest BCUT2D eigenvalue weighted by Crippen LogP contribution is -2.58. The summed E-state index contributed by atoms with van der Waals surface area (Å²) in [7, 11) is 1.49. The van der Waals surface area contributed by atoms with Gasteiger partial charge >= 0.3 is 6.09 Å². The molecule has 0 aliphatic carbocycles. The number of aromatic nitrogens is 1. The molecule has 2 heterocycles. The number of amides is 3. The number of carbonyl (C=O) groups excluding carboxylic acids is 3. The molecule has 10 heteroatoms. The topological polar surface area (TPSA) is 131 Å². The largest absolute Gasteiger partial charge is 0.446 e. The molecule has 1 aromatic carbocycles. The number of nitrogens with two attached hydrogens (primary N) is 1. The van der Waals surface area contributed by atoms with Gasteiger partial charge in [0.2, 0.25) is 17.7 Å². The predicted octanol–water partition coefficient (Wildman–Crippen LogP) is 3.73. The first-order chi connectivity index (χ1) is 17.6. The zero-order valence-electron chi connectivity index (χ0n) is 23.6. The van der Waals surface area contributed by atoms with E-state index in [9.17, 15) is 14.4 Å². The molecule has 0 radical (unpaired) electrons. The Labute approximate surface area is 224 Å². The number of carbonyl (C=O) groups is 3. The maximum absolute atomic E-state index is 13.9. The van der Waals surface area contributed by atoms with Crippen molar-refractivity contribution in [1.82, 2.24) is 20.1 Å². The van der Waals surface area contributed by atoms with Gasteiger partial charge in [-0.3, -0.25) is 14.5 Å². The van der Waals surface area contributed by atoms with Gasteiger partial charge in [-0.1, -0.05) is 51.1 Å². The number of likely N-dealkylation sites (N-methyl/N-ethyl adjacent to an activating group) is 1. The second-order valence-electron chi connectivity index (χ2n) is 12.0. The Morgan fingerprint density at radius 2 is 1.79 bits per heavy atom. The van der Waals surface area contributed by atoms with Gasteiger partial charge in [-0.05, 0) is 39.5 Å². The zero-order valence-corrected chi connectivity index (χ0v) is 23.6. The molecule has 1 aromatic heterocycles. The summed E-state index contributed by atoms with van der Waals surface area (Å²) >= 11 is 0. The average Bonchev–Trinajstić information content (AvgIpc) is 3.46. The molecule has 3 rings (SSSR count). The van der Waals surface area contributed by atoms with Gasteiger partial charge in [0.05, 0.1) is 0 Å². The Balaban J connectivity index is 1.80. The van der Waals surface area contributed by atoms with Crippen LogP contribution in [0.3, 0.4) is 0 Å². The molecule has 38 heavy (non-hydrogen) atoms. The SMILES string of the molecule is CC(C(=O)NC(C(=O)N1CC(N)CC1c1nc(-c2ccccc2)co1)C(C)(C)C)N(C)C(=O)OC(C)(C)C. The number of oxazole rings is 1. The molecule has 1 aliphatic heterocycles. The van der Waals surface area contributed by atoms with Crippen molar-refractivity contribution >= 4 is 17.9 Å². The number of nitrogens with zero attached hydrogens (tertiary/aromatic N) is 3. The second-order valence-corrected chi connectivity index (χ2v) is 12.0. The van der Waals surface area contributed by atoms with Crippen LogP contribution in [0.15, 0.2) is 41.0 Å². The maximum Gasteiger partial charge on any atom is 0.410 e. The van der Waals surface area contributed by atoms with E-state index in [1.54, 1.807) is 38.9 Å². The molecule has 3 amide bonds. The highest BCUT2D eigenvalue weighted by atomic mass is 16.6. The first kappa shape index (κ1) is 29.2. The van der Waals surface area contributed by atoms with E-state index in [-0.39, 0.29) is 11.9 Å². The lowest BCUT2D eigenvalue weighted by atomic mass is 9.85. The van der Waals surface area contributed by atoms with Crippen LogP contribution in [0, 0.1) is 5.41 Å². The predicted molar refractivity (Wildman–Crippen MR) is 144 cm³/mol. The fourth-order valence-electron chi connectivity index (χ4n) is 4.27. The molecule has 10 nitrogen and oxygen atoms in total.